The minimum Gasteiger partial charge on any atom is -0.489 e. The highest BCUT2D eigenvalue weighted by Crippen LogP contribution is 2.26. The summed E-state index contributed by atoms with van der Waals surface area (Å²) in [5.74, 6) is 0.481. The number of halogens is 3. The molecule has 0 unspecified atom stereocenters. The van der Waals surface area contributed by atoms with Gasteiger partial charge >= 0.3 is 0 Å². The standard InChI is InChI=1S/C20H16Cl2FNO/c21-18-9-8-17(11-19(18)22)24-12-15-5-1-2-7-20(15)25-13-14-4-3-6-16(23)10-14/h1-11,24H,12-13H2. The smallest absolute Gasteiger partial charge is 0.124 e. The van der Waals surface area contributed by atoms with Crippen molar-refractivity contribution < 1.29 is 9.13 Å². The fraction of sp³-hybridized carbons (Fsp3) is 0.100. The van der Waals surface area contributed by atoms with Crippen LogP contribution in [0.25, 0.3) is 0 Å². The van der Waals surface area contributed by atoms with Gasteiger partial charge in [-0.3, -0.25) is 0 Å². The largest absolute Gasteiger partial charge is 0.489 e. The topological polar surface area (TPSA) is 21.3 Å². The lowest BCUT2D eigenvalue weighted by Crippen LogP contribution is -2.03. The molecule has 2 nitrogen and oxygen atoms in total. The van der Waals surface area contributed by atoms with Crippen LogP contribution in [-0.2, 0) is 13.2 Å². The summed E-state index contributed by atoms with van der Waals surface area (Å²) < 4.78 is 19.1. The summed E-state index contributed by atoms with van der Waals surface area (Å²) in [5.41, 5.74) is 2.64. The molecule has 0 radical (unpaired) electrons. The number of rotatable bonds is 6. The minimum absolute atomic E-state index is 0.268. The maximum absolute atomic E-state index is 13.3. The Bertz CT molecular complexity index is 870. The molecule has 5 heteroatoms. The average Bonchev–Trinajstić information content (AvgIpc) is 2.62. The number of hydrogen-bond acceptors (Lipinski definition) is 2. The monoisotopic (exact) mass is 375 g/mol. The van der Waals surface area contributed by atoms with Crippen LogP contribution in [0.1, 0.15) is 11.1 Å². The van der Waals surface area contributed by atoms with E-state index in [1.165, 1.54) is 12.1 Å². The number of para-hydroxylation sites is 1. The van der Waals surface area contributed by atoms with E-state index in [0.717, 1.165) is 22.6 Å². The zero-order chi connectivity index (χ0) is 17.6. The van der Waals surface area contributed by atoms with Crippen molar-refractivity contribution in [3.05, 3.63) is 93.7 Å². The first kappa shape index (κ1) is 17.6. The maximum atomic E-state index is 13.3. The number of nitrogens with one attached hydrogen (secondary N) is 1. The Labute approximate surface area is 156 Å². The Morgan fingerprint density at radius 3 is 2.52 bits per heavy atom. The summed E-state index contributed by atoms with van der Waals surface area (Å²) in [7, 11) is 0. The Morgan fingerprint density at radius 2 is 1.72 bits per heavy atom. The molecule has 0 heterocycles. The van der Waals surface area contributed by atoms with E-state index in [0.29, 0.717) is 23.2 Å². The van der Waals surface area contributed by atoms with E-state index in [1.807, 2.05) is 36.4 Å². The summed E-state index contributed by atoms with van der Waals surface area (Å²) in [4.78, 5) is 0. The number of benzene rings is 3. The molecule has 0 aliphatic carbocycles. The summed E-state index contributed by atoms with van der Waals surface area (Å²) in [6.07, 6.45) is 0. The van der Waals surface area contributed by atoms with Gasteiger partial charge in [0.25, 0.3) is 0 Å². The van der Waals surface area contributed by atoms with Crippen LogP contribution in [0.2, 0.25) is 10.0 Å². The molecule has 0 amide bonds. The maximum Gasteiger partial charge on any atom is 0.124 e. The van der Waals surface area contributed by atoms with Gasteiger partial charge in [0.15, 0.2) is 0 Å². The third-order valence-electron chi connectivity index (χ3n) is 3.66. The molecule has 3 aromatic rings. The van der Waals surface area contributed by atoms with E-state index in [9.17, 15) is 4.39 Å². The quantitative estimate of drug-likeness (QED) is 0.543. The minimum atomic E-state index is -0.268. The zero-order valence-corrected chi connectivity index (χ0v) is 14.8. The third-order valence-corrected chi connectivity index (χ3v) is 4.40. The molecule has 3 aromatic carbocycles. The highest BCUT2D eigenvalue weighted by atomic mass is 35.5. The van der Waals surface area contributed by atoms with Crippen molar-refractivity contribution in [3.8, 4) is 5.75 Å². The van der Waals surface area contributed by atoms with Crippen LogP contribution in [0.3, 0.4) is 0 Å². The molecular weight excluding hydrogens is 360 g/mol. The lowest BCUT2D eigenvalue weighted by atomic mass is 10.2. The molecule has 3 rings (SSSR count). The third kappa shape index (κ3) is 4.88. The van der Waals surface area contributed by atoms with Crippen molar-refractivity contribution in [1.29, 1.82) is 0 Å². The van der Waals surface area contributed by atoms with Gasteiger partial charge in [-0.15, -0.1) is 0 Å². The number of anilines is 1. The second-order valence-corrected chi connectivity index (χ2v) is 6.32. The molecular formula is C20H16Cl2FNO. The predicted molar refractivity (Wildman–Crippen MR) is 101 cm³/mol. The van der Waals surface area contributed by atoms with E-state index < -0.39 is 0 Å². The fourth-order valence-electron chi connectivity index (χ4n) is 2.38. The van der Waals surface area contributed by atoms with Crippen LogP contribution in [-0.4, -0.2) is 0 Å². The van der Waals surface area contributed by atoms with Crippen LogP contribution in [0.5, 0.6) is 5.75 Å². The Morgan fingerprint density at radius 1 is 0.880 bits per heavy atom. The normalized spacial score (nSPS) is 10.5. The first-order valence-corrected chi connectivity index (χ1v) is 8.51. The van der Waals surface area contributed by atoms with Crippen molar-refractivity contribution in [2.24, 2.45) is 0 Å². The molecule has 128 valence electrons. The van der Waals surface area contributed by atoms with Gasteiger partial charge < -0.3 is 10.1 Å². The highest BCUT2D eigenvalue weighted by Gasteiger charge is 2.05. The van der Waals surface area contributed by atoms with Gasteiger partial charge in [0, 0.05) is 17.8 Å². The first-order valence-electron chi connectivity index (χ1n) is 7.76. The molecule has 0 saturated heterocycles. The van der Waals surface area contributed by atoms with Crippen molar-refractivity contribution >= 4 is 28.9 Å². The molecule has 0 aromatic heterocycles. The van der Waals surface area contributed by atoms with E-state index >= 15 is 0 Å². The Kier molecular flexibility index (Phi) is 5.79. The van der Waals surface area contributed by atoms with Crippen molar-refractivity contribution in [3.63, 3.8) is 0 Å². The van der Waals surface area contributed by atoms with E-state index in [2.05, 4.69) is 5.32 Å². The van der Waals surface area contributed by atoms with Gasteiger partial charge in [0.2, 0.25) is 0 Å². The van der Waals surface area contributed by atoms with Crippen molar-refractivity contribution in [2.45, 2.75) is 13.2 Å². The van der Waals surface area contributed by atoms with Crippen molar-refractivity contribution in [2.75, 3.05) is 5.32 Å². The van der Waals surface area contributed by atoms with Crippen LogP contribution >= 0.6 is 23.2 Å². The van der Waals surface area contributed by atoms with Gasteiger partial charge in [0.1, 0.15) is 18.2 Å². The van der Waals surface area contributed by atoms with Crippen LogP contribution in [0.15, 0.2) is 66.7 Å². The zero-order valence-electron chi connectivity index (χ0n) is 13.3. The average molecular weight is 376 g/mol. The lowest BCUT2D eigenvalue weighted by molar-refractivity contribution is 0.302. The number of ether oxygens (including phenoxy) is 1. The first-order chi connectivity index (χ1) is 12.1. The molecule has 0 spiro atoms. The van der Waals surface area contributed by atoms with Crippen molar-refractivity contribution in [1.82, 2.24) is 0 Å². The summed E-state index contributed by atoms with van der Waals surface area (Å²) in [5, 5.41) is 4.32. The van der Waals surface area contributed by atoms with E-state index in [-0.39, 0.29) is 5.82 Å². The van der Waals surface area contributed by atoms with Crippen LogP contribution in [0.4, 0.5) is 10.1 Å². The van der Waals surface area contributed by atoms with Gasteiger partial charge in [-0.1, -0.05) is 53.5 Å². The SMILES string of the molecule is Fc1cccc(COc2ccccc2CNc2ccc(Cl)c(Cl)c2)c1. The van der Waals surface area contributed by atoms with Gasteiger partial charge in [-0.25, -0.2) is 4.39 Å². The Hall–Kier alpha value is -2.23. The molecule has 0 saturated carbocycles. The van der Waals surface area contributed by atoms with Crippen LogP contribution < -0.4 is 10.1 Å². The fourth-order valence-corrected chi connectivity index (χ4v) is 2.68. The van der Waals surface area contributed by atoms with E-state index in [4.69, 9.17) is 27.9 Å². The van der Waals surface area contributed by atoms with Crippen LogP contribution in [0, 0.1) is 5.82 Å². The summed E-state index contributed by atoms with van der Waals surface area (Å²) >= 11 is 12.0. The molecule has 0 bridgehead atoms. The Balaban J connectivity index is 1.67. The molecule has 0 aliphatic rings. The summed E-state index contributed by atoms with van der Waals surface area (Å²) in [6, 6.07) is 19.5. The van der Waals surface area contributed by atoms with Gasteiger partial charge in [0.05, 0.1) is 10.0 Å². The second kappa shape index (κ2) is 8.24. The molecule has 0 aliphatic heterocycles. The lowest BCUT2D eigenvalue weighted by Gasteiger charge is -2.13. The predicted octanol–water partition coefficient (Wildman–Crippen LogP) is 6.32. The summed E-state index contributed by atoms with van der Waals surface area (Å²) in [6.45, 7) is 0.874. The van der Waals surface area contributed by atoms with Gasteiger partial charge in [-0.2, -0.15) is 0 Å². The molecule has 1 N–H and O–H groups in total. The highest BCUT2D eigenvalue weighted by molar-refractivity contribution is 6.42. The molecule has 0 fully saturated rings. The number of hydrogen-bond donors (Lipinski definition) is 1. The molecule has 25 heavy (non-hydrogen) atoms. The van der Waals surface area contributed by atoms with Gasteiger partial charge in [-0.05, 0) is 42.0 Å². The second-order valence-electron chi connectivity index (χ2n) is 5.51. The molecule has 0 atom stereocenters. The van der Waals surface area contributed by atoms with E-state index in [1.54, 1.807) is 18.2 Å².